The molecule has 0 spiro atoms. The number of alkyl halides is 3. The second kappa shape index (κ2) is 10.1. The van der Waals surface area contributed by atoms with Gasteiger partial charge in [0, 0.05) is 10.6 Å². The minimum atomic E-state index is -4.45. The Labute approximate surface area is 160 Å². The van der Waals surface area contributed by atoms with E-state index in [1.54, 1.807) is 44.2 Å². The Morgan fingerprint density at radius 1 is 1.19 bits per heavy atom. The fourth-order valence-electron chi connectivity index (χ4n) is 2.05. The third kappa shape index (κ3) is 7.79. The number of halogens is 4. The number of hydrogen-bond donors (Lipinski definition) is 1. The fourth-order valence-corrected chi connectivity index (χ4v) is 2.18. The van der Waals surface area contributed by atoms with E-state index in [-0.39, 0.29) is 11.3 Å². The lowest BCUT2D eigenvalue weighted by molar-refractivity contribution is -0.137. The first-order valence-corrected chi connectivity index (χ1v) is 8.98. The van der Waals surface area contributed by atoms with Crippen LogP contribution in [0.25, 0.3) is 0 Å². The maximum atomic E-state index is 13.2. The second-order valence-corrected chi connectivity index (χ2v) is 6.12. The Hall–Kier alpha value is -2.39. The highest BCUT2D eigenvalue weighted by atomic mass is 35.5. The molecule has 0 saturated carbocycles. The van der Waals surface area contributed by atoms with Gasteiger partial charge in [-0.25, -0.2) is 0 Å². The van der Waals surface area contributed by atoms with Crippen molar-refractivity contribution in [3.8, 4) is 5.75 Å². The van der Waals surface area contributed by atoms with E-state index in [2.05, 4.69) is 5.16 Å². The SMILES string of the molecule is CC/C(=N\Oc1ccc(Cl)cc1)c1ccc(C)cc1C(F)(F)F.N=S(=O)=O. The molecule has 0 unspecified atom stereocenters. The van der Waals surface area contributed by atoms with Gasteiger partial charge in [-0.05, 0) is 43.7 Å². The van der Waals surface area contributed by atoms with Crippen LogP contribution in [-0.4, -0.2) is 14.1 Å². The van der Waals surface area contributed by atoms with Crippen LogP contribution in [0, 0.1) is 11.7 Å². The molecule has 0 amide bonds. The van der Waals surface area contributed by atoms with Crippen LogP contribution in [0.1, 0.15) is 30.0 Å². The zero-order valence-electron chi connectivity index (χ0n) is 14.3. The van der Waals surface area contributed by atoms with Crippen molar-refractivity contribution in [3.63, 3.8) is 0 Å². The van der Waals surface area contributed by atoms with Crippen molar-refractivity contribution in [1.29, 1.82) is 4.78 Å². The molecule has 2 aromatic rings. The molecular formula is C17H16ClF3N2O3S. The van der Waals surface area contributed by atoms with Gasteiger partial charge in [-0.1, -0.05) is 41.4 Å². The van der Waals surface area contributed by atoms with Gasteiger partial charge in [-0.2, -0.15) is 26.4 Å². The van der Waals surface area contributed by atoms with Gasteiger partial charge in [-0.15, -0.1) is 0 Å². The molecule has 2 aromatic carbocycles. The highest BCUT2D eigenvalue weighted by molar-refractivity contribution is 7.60. The summed E-state index contributed by atoms with van der Waals surface area (Å²) in [5.74, 6) is 0.404. The van der Waals surface area contributed by atoms with Gasteiger partial charge >= 0.3 is 16.7 Å². The topological polar surface area (TPSA) is 79.6 Å². The number of nitrogens with zero attached hydrogens (tertiary/aromatic N) is 1. The van der Waals surface area contributed by atoms with E-state index >= 15 is 0 Å². The van der Waals surface area contributed by atoms with Gasteiger partial charge < -0.3 is 4.84 Å². The molecule has 0 heterocycles. The fraction of sp³-hybridized carbons (Fsp3) is 0.235. The van der Waals surface area contributed by atoms with Crippen LogP contribution in [0.15, 0.2) is 47.6 Å². The van der Waals surface area contributed by atoms with E-state index in [1.807, 2.05) is 0 Å². The van der Waals surface area contributed by atoms with Crippen molar-refractivity contribution in [1.82, 2.24) is 0 Å². The molecule has 27 heavy (non-hydrogen) atoms. The molecule has 0 saturated heterocycles. The number of nitrogens with one attached hydrogen (secondary N) is 1. The largest absolute Gasteiger partial charge is 0.417 e. The lowest BCUT2D eigenvalue weighted by Crippen LogP contribution is -2.14. The maximum absolute atomic E-state index is 13.2. The van der Waals surface area contributed by atoms with Crippen LogP contribution in [-0.2, 0) is 16.7 Å². The zero-order valence-corrected chi connectivity index (χ0v) is 15.9. The Kier molecular flexibility index (Phi) is 8.45. The molecule has 1 N–H and O–H groups in total. The third-order valence-corrected chi connectivity index (χ3v) is 3.45. The maximum Gasteiger partial charge on any atom is 0.417 e. The summed E-state index contributed by atoms with van der Waals surface area (Å²) in [6.07, 6.45) is -4.14. The molecule has 0 bridgehead atoms. The number of benzene rings is 2. The van der Waals surface area contributed by atoms with E-state index in [4.69, 9.17) is 29.6 Å². The van der Waals surface area contributed by atoms with Crippen LogP contribution in [0.5, 0.6) is 5.75 Å². The van der Waals surface area contributed by atoms with E-state index in [0.29, 0.717) is 22.8 Å². The number of hydrogen-bond acceptors (Lipinski definition) is 5. The Morgan fingerprint density at radius 2 is 1.74 bits per heavy atom. The Morgan fingerprint density at radius 3 is 2.22 bits per heavy atom. The van der Waals surface area contributed by atoms with Crippen molar-refractivity contribution in [3.05, 3.63) is 64.2 Å². The molecule has 0 atom stereocenters. The van der Waals surface area contributed by atoms with E-state index in [1.165, 1.54) is 6.07 Å². The van der Waals surface area contributed by atoms with E-state index < -0.39 is 22.2 Å². The minimum Gasteiger partial charge on any atom is -0.357 e. The summed E-state index contributed by atoms with van der Waals surface area (Å²) in [5, 5.41) is 4.43. The van der Waals surface area contributed by atoms with Gasteiger partial charge in [0.05, 0.1) is 11.3 Å². The normalized spacial score (nSPS) is 11.4. The monoisotopic (exact) mass is 420 g/mol. The first kappa shape index (κ1) is 22.7. The first-order valence-electron chi connectivity index (χ1n) is 7.52. The Bertz CT molecular complexity index is 906. The van der Waals surface area contributed by atoms with Crippen molar-refractivity contribution >= 4 is 27.8 Å². The molecule has 0 aliphatic heterocycles. The van der Waals surface area contributed by atoms with Gasteiger partial charge in [0.25, 0.3) is 0 Å². The highest BCUT2D eigenvalue weighted by Crippen LogP contribution is 2.33. The predicted molar refractivity (Wildman–Crippen MR) is 96.7 cm³/mol. The summed E-state index contributed by atoms with van der Waals surface area (Å²) in [6.45, 7) is 3.34. The first-order chi connectivity index (χ1) is 12.5. The third-order valence-electron chi connectivity index (χ3n) is 3.20. The van der Waals surface area contributed by atoms with Gasteiger partial charge in [0.2, 0.25) is 0 Å². The second-order valence-electron chi connectivity index (χ2n) is 5.22. The summed E-state index contributed by atoms with van der Waals surface area (Å²) >= 11 is 5.77. The molecule has 0 aliphatic rings. The lowest BCUT2D eigenvalue weighted by Gasteiger charge is -2.14. The van der Waals surface area contributed by atoms with Gasteiger partial charge in [0.1, 0.15) is 0 Å². The Balaban J connectivity index is 0.000000828. The molecule has 10 heteroatoms. The molecule has 0 aliphatic carbocycles. The molecule has 2 rings (SSSR count). The van der Waals surface area contributed by atoms with Gasteiger partial charge in [-0.3, -0.25) is 0 Å². The molecule has 0 aromatic heterocycles. The minimum absolute atomic E-state index is 0.0274. The lowest BCUT2D eigenvalue weighted by atomic mass is 9.99. The summed E-state index contributed by atoms with van der Waals surface area (Å²) < 4.78 is 62.5. The molecular weight excluding hydrogens is 405 g/mol. The number of oxime groups is 1. The van der Waals surface area contributed by atoms with Crippen LogP contribution in [0.2, 0.25) is 5.02 Å². The highest BCUT2D eigenvalue weighted by Gasteiger charge is 2.34. The van der Waals surface area contributed by atoms with Crippen LogP contribution in [0.3, 0.4) is 0 Å². The standard InChI is InChI=1S/C17H15ClF3NO.HNO2S/c1-3-16(22-23-13-7-5-12(18)6-8-13)14-9-4-11(2)10-15(14)17(19,20)21;1-4(2)3/h4-10H,3H2,1-2H3;1H/b22-16+;. The molecule has 5 nitrogen and oxygen atoms in total. The summed E-state index contributed by atoms with van der Waals surface area (Å²) in [4.78, 5) is 5.23. The number of rotatable bonds is 4. The van der Waals surface area contributed by atoms with Gasteiger partial charge in [0.15, 0.2) is 5.75 Å². The quantitative estimate of drug-likeness (QED) is 0.524. The van der Waals surface area contributed by atoms with Crippen LogP contribution < -0.4 is 4.84 Å². The summed E-state index contributed by atoms with van der Waals surface area (Å²) in [6, 6.07) is 10.6. The van der Waals surface area contributed by atoms with Crippen molar-refractivity contribution in [2.75, 3.05) is 0 Å². The van der Waals surface area contributed by atoms with Crippen molar-refractivity contribution in [2.24, 2.45) is 5.16 Å². The van der Waals surface area contributed by atoms with E-state index in [0.717, 1.165) is 6.07 Å². The van der Waals surface area contributed by atoms with Crippen LogP contribution >= 0.6 is 11.6 Å². The summed E-state index contributed by atoms with van der Waals surface area (Å²) in [7, 11) is -2.61. The average molecular weight is 421 g/mol. The summed E-state index contributed by atoms with van der Waals surface area (Å²) in [5.41, 5.74) is 0.0831. The molecule has 0 radical (unpaired) electrons. The number of aryl methyl sites for hydroxylation is 1. The van der Waals surface area contributed by atoms with E-state index in [9.17, 15) is 13.2 Å². The van der Waals surface area contributed by atoms with Crippen molar-refractivity contribution in [2.45, 2.75) is 26.4 Å². The predicted octanol–water partition coefficient (Wildman–Crippen LogP) is 5.49. The van der Waals surface area contributed by atoms with Crippen LogP contribution in [0.4, 0.5) is 13.2 Å². The average Bonchev–Trinajstić information content (AvgIpc) is 2.56. The van der Waals surface area contributed by atoms with Crippen molar-refractivity contribution < 1.29 is 26.4 Å². The zero-order chi connectivity index (χ0) is 20.6. The smallest absolute Gasteiger partial charge is 0.357 e. The molecule has 0 fully saturated rings. The molecule has 146 valence electrons.